The summed E-state index contributed by atoms with van der Waals surface area (Å²) in [5.41, 5.74) is 2.01. The molecule has 0 unspecified atom stereocenters. The van der Waals surface area contributed by atoms with E-state index < -0.39 is 0 Å². The fraction of sp³-hybridized carbons (Fsp3) is 0.316. The number of anilines is 1. The molecule has 2 atom stereocenters. The zero-order valence-electron chi connectivity index (χ0n) is 13.9. The third-order valence-corrected chi connectivity index (χ3v) is 4.86. The fourth-order valence-electron chi connectivity index (χ4n) is 3.63. The summed E-state index contributed by atoms with van der Waals surface area (Å²) in [5, 5.41) is 4.09. The largest absolute Gasteiger partial charge is 0.497 e. The third kappa shape index (κ3) is 2.24. The summed E-state index contributed by atoms with van der Waals surface area (Å²) >= 11 is 0. The zero-order valence-corrected chi connectivity index (χ0v) is 13.9. The van der Waals surface area contributed by atoms with Crippen molar-refractivity contribution in [1.82, 2.24) is 10.0 Å². The monoisotopic (exact) mass is 323 g/mol. The number of amides is 2. The van der Waals surface area contributed by atoms with Crippen LogP contribution < -0.4 is 9.64 Å². The lowest BCUT2D eigenvalue weighted by molar-refractivity contribution is 0.0420. The molecule has 2 heterocycles. The van der Waals surface area contributed by atoms with Crippen LogP contribution in [0.2, 0.25) is 0 Å². The van der Waals surface area contributed by atoms with Crippen molar-refractivity contribution in [3.05, 3.63) is 60.2 Å². The Labute approximate surface area is 142 Å². The molecule has 2 fully saturated rings. The number of fused-ring (bicyclic) bond motifs is 1. The number of carbonyl (C=O) groups is 1. The van der Waals surface area contributed by atoms with Crippen molar-refractivity contribution in [3.8, 4) is 5.75 Å². The van der Waals surface area contributed by atoms with E-state index in [4.69, 9.17) is 4.74 Å². The molecule has 0 aliphatic carbocycles. The normalized spacial score (nSPS) is 23.7. The van der Waals surface area contributed by atoms with Gasteiger partial charge < -0.3 is 4.74 Å². The van der Waals surface area contributed by atoms with Crippen molar-refractivity contribution in [2.45, 2.75) is 25.6 Å². The first-order valence-electron chi connectivity index (χ1n) is 8.28. The predicted octanol–water partition coefficient (Wildman–Crippen LogP) is 3.65. The molecule has 0 radical (unpaired) electrons. The van der Waals surface area contributed by atoms with E-state index in [1.54, 1.807) is 7.11 Å². The molecule has 0 saturated carbocycles. The number of methoxy groups -OCH3 is 1. The second-order valence-electron chi connectivity index (χ2n) is 6.28. The summed E-state index contributed by atoms with van der Waals surface area (Å²) in [6.45, 7) is 2.95. The van der Waals surface area contributed by atoms with Gasteiger partial charge in [0.2, 0.25) is 0 Å². The van der Waals surface area contributed by atoms with Crippen molar-refractivity contribution in [3.63, 3.8) is 0 Å². The summed E-state index contributed by atoms with van der Waals surface area (Å²) in [4.78, 5) is 14.9. The van der Waals surface area contributed by atoms with Crippen LogP contribution in [0.15, 0.2) is 54.6 Å². The number of ether oxygens (including phenoxy) is 1. The van der Waals surface area contributed by atoms with E-state index in [2.05, 4.69) is 11.9 Å². The Morgan fingerprint density at radius 1 is 1.04 bits per heavy atom. The summed E-state index contributed by atoms with van der Waals surface area (Å²) in [6.07, 6.45) is 0.879. The highest BCUT2D eigenvalue weighted by Gasteiger charge is 2.50. The number of carbonyl (C=O) groups excluding carboxylic acids is 1. The molecular weight excluding hydrogens is 302 g/mol. The van der Waals surface area contributed by atoms with Crippen LogP contribution in [0.3, 0.4) is 0 Å². The average Bonchev–Trinajstić information content (AvgIpc) is 3.14. The number of urea groups is 1. The second-order valence-corrected chi connectivity index (χ2v) is 6.28. The van der Waals surface area contributed by atoms with E-state index >= 15 is 0 Å². The van der Waals surface area contributed by atoms with Crippen LogP contribution in [0.5, 0.6) is 5.75 Å². The van der Waals surface area contributed by atoms with Gasteiger partial charge in [-0.1, -0.05) is 30.3 Å². The molecule has 2 aromatic rings. The lowest BCUT2D eigenvalue weighted by Crippen LogP contribution is -2.36. The molecule has 24 heavy (non-hydrogen) atoms. The van der Waals surface area contributed by atoms with Gasteiger partial charge in [-0.05, 0) is 43.2 Å². The highest BCUT2D eigenvalue weighted by atomic mass is 16.5. The summed E-state index contributed by atoms with van der Waals surface area (Å²) < 4.78 is 5.27. The molecule has 5 heteroatoms. The Bertz CT molecular complexity index is 732. The van der Waals surface area contributed by atoms with E-state index in [-0.39, 0.29) is 12.2 Å². The summed E-state index contributed by atoms with van der Waals surface area (Å²) in [7, 11) is 1.66. The van der Waals surface area contributed by atoms with E-state index in [0.29, 0.717) is 6.04 Å². The van der Waals surface area contributed by atoms with E-state index in [0.717, 1.165) is 30.0 Å². The van der Waals surface area contributed by atoms with Crippen LogP contribution in [-0.4, -0.2) is 35.7 Å². The molecular formula is C19H21N3O2. The van der Waals surface area contributed by atoms with Crippen LogP contribution >= 0.6 is 0 Å². The van der Waals surface area contributed by atoms with E-state index in [1.807, 2.05) is 64.5 Å². The Morgan fingerprint density at radius 3 is 2.42 bits per heavy atom. The van der Waals surface area contributed by atoms with Crippen molar-refractivity contribution in [2.75, 3.05) is 18.6 Å². The van der Waals surface area contributed by atoms with Crippen LogP contribution in [0, 0.1) is 0 Å². The number of benzene rings is 2. The first-order valence-corrected chi connectivity index (χ1v) is 8.28. The summed E-state index contributed by atoms with van der Waals surface area (Å²) in [5.74, 6) is 0.820. The van der Waals surface area contributed by atoms with Gasteiger partial charge >= 0.3 is 6.03 Å². The third-order valence-electron chi connectivity index (χ3n) is 4.86. The molecule has 2 amide bonds. The number of nitrogens with zero attached hydrogens (tertiary/aromatic N) is 3. The molecule has 0 spiro atoms. The smallest absolute Gasteiger partial charge is 0.340 e. The molecule has 2 saturated heterocycles. The van der Waals surface area contributed by atoms with Crippen LogP contribution in [-0.2, 0) is 0 Å². The van der Waals surface area contributed by atoms with Gasteiger partial charge in [0.1, 0.15) is 11.9 Å². The fourth-order valence-corrected chi connectivity index (χ4v) is 3.63. The molecule has 124 valence electrons. The predicted molar refractivity (Wildman–Crippen MR) is 92.7 cm³/mol. The number of hydrazine groups is 1. The molecule has 4 rings (SSSR count). The van der Waals surface area contributed by atoms with Crippen molar-refractivity contribution in [2.24, 2.45) is 0 Å². The lowest BCUT2D eigenvalue weighted by atomic mass is 10.1. The van der Waals surface area contributed by atoms with Gasteiger partial charge in [0.15, 0.2) is 0 Å². The van der Waals surface area contributed by atoms with Gasteiger partial charge in [-0.3, -0.25) is 9.91 Å². The van der Waals surface area contributed by atoms with Gasteiger partial charge in [0.05, 0.1) is 7.11 Å². The number of para-hydroxylation sites is 1. The van der Waals surface area contributed by atoms with Gasteiger partial charge in [0.25, 0.3) is 0 Å². The SMILES string of the molecule is COc1ccc([C@@H]2N(c3ccccc3)C(=O)N3CC[C@@H](C)N23)cc1. The van der Waals surface area contributed by atoms with Gasteiger partial charge in [-0.25, -0.2) is 4.79 Å². The van der Waals surface area contributed by atoms with Gasteiger partial charge in [0, 0.05) is 18.3 Å². The average molecular weight is 323 g/mol. The highest BCUT2D eigenvalue weighted by Crippen LogP contribution is 2.42. The van der Waals surface area contributed by atoms with Gasteiger partial charge in [-0.2, -0.15) is 5.01 Å². The van der Waals surface area contributed by atoms with Crippen LogP contribution in [0.25, 0.3) is 0 Å². The van der Waals surface area contributed by atoms with Crippen molar-refractivity contribution < 1.29 is 9.53 Å². The minimum Gasteiger partial charge on any atom is -0.497 e. The van der Waals surface area contributed by atoms with E-state index in [9.17, 15) is 4.79 Å². The lowest BCUT2D eigenvalue weighted by Gasteiger charge is -2.31. The standard InChI is InChI=1S/C19H21N3O2/c1-14-12-13-20-19(23)21(16-6-4-3-5-7-16)18(22(14)20)15-8-10-17(24-2)11-9-15/h3-11,14,18H,12-13H2,1-2H3/t14-,18-/m1/s1. The molecule has 2 aliphatic heterocycles. The Balaban J connectivity index is 1.80. The maximum Gasteiger partial charge on any atom is 0.340 e. The number of hydrogen-bond donors (Lipinski definition) is 0. The Morgan fingerprint density at radius 2 is 1.75 bits per heavy atom. The molecule has 2 aromatic carbocycles. The Hall–Kier alpha value is -2.53. The minimum atomic E-state index is -0.122. The zero-order chi connectivity index (χ0) is 16.7. The maximum absolute atomic E-state index is 13.0. The Kier molecular flexibility index (Phi) is 3.65. The topological polar surface area (TPSA) is 36.0 Å². The highest BCUT2D eigenvalue weighted by molar-refractivity contribution is 5.94. The van der Waals surface area contributed by atoms with Gasteiger partial charge in [-0.15, -0.1) is 0 Å². The minimum absolute atomic E-state index is 0.0476. The molecule has 0 bridgehead atoms. The summed E-state index contributed by atoms with van der Waals surface area (Å²) in [6, 6.07) is 18.2. The van der Waals surface area contributed by atoms with Crippen molar-refractivity contribution in [1.29, 1.82) is 0 Å². The first-order chi connectivity index (χ1) is 11.7. The molecule has 2 aliphatic rings. The van der Waals surface area contributed by atoms with Crippen LogP contribution in [0.1, 0.15) is 25.1 Å². The first kappa shape index (κ1) is 15.0. The second kappa shape index (κ2) is 5.83. The maximum atomic E-state index is 13.0. The van der Waals surface area contributed by atoms with Crippen molar-refractivity contribution >= 4 is 11.7 Å². The molecule has 0 aromatic heterocycles. The molecule has 5 nitrogen and oxygen atoms in total. The van der Waals surface area contributed by atoms with Crippen LogP contribution in [0.4, 0.5) is 10.5 Å². The quantitative estimate of drug-likeness (QED) is 0.865. The number of rotatable bonds is 3. The van der Waals surface area contributed by atoms with E-state index in [1.165, 1.54) is 0 Å². The number of hydrogen-bond acceptors (Lipinski definition) is 3. The molecule has 0 N–H and O–H groups in total.